The smallest absolute Gasteiger partial charge is 0.317 e. The molecule has 8 heteroatoms. The molecule has 3 rings (SSSR count). The molecule has 3 amide bonds. The normalized spacial score (nSPS) is 17.3. The van der Waals surface area contributed by atoms with Crippen LogP contribution in [0.25, 0.3) is 0 Å². The fourth-order valence-electron chi connectivity index (χ4n) is 4.43. The van der Waals surface area contributed by atoms with E-state index in [0.29, 0.717) is 62.3 Å². The summed E-state index contributed by atoms with van der Waals surface area (Å²) in [5, 5.41) is 3.16. The Morgan fingerprint density at radius 1 is 0.903 bits per heavy atom. The number of carbonyl (C=O) groups excluding carboxylic acids is 2. The van der Waals surface area contributed by atoms with Gasteiger partial charge in [0.25, 0.3) is 0 Å². The molecule has 0 aromatic heterocycles. The fourth-order valence-corrected chi connectivity index (χ4v) is 4.43. The molecule has 1 aromatic carbocycles. The Labute approximate surface area is 184 Å². The highest BCUT2D eigenvalue weighted by Crippen LogP contribution is 2.40. The second-order valence-electron chi connectivity index (χ2n) is 8.15. The third-order valence-corrected chi connectivity index (χ3v) is 6.25. The van der Waals surface area contributed by atoms with Gasteiger partial charge in [-0.3, -0.25) is 4.79 Å². The third-order valence-electron chi connectivity index (χ3n) is 6.25. The van der Waals surface area contributed by atoms with Crippen LogP contribution in [0.15, 0.2) is 12.1 Å². The predicted molar refractivity (Wildman–Crippen MR) is 118 cm³/mol. The van der Waals surface area contributed by atoms with Crippen LogP contribution in [0.2, 0.25) is 0 Å². The van der Waals surface area contributed by atoms with Crippen molar-refractivity contribution in [2.75, 3.05) is 47.5 Å². The number of nitrogens with zero attached hydrogens (tertiary/aromatic N) is 2. The fraction of sp³-hybridized carbons (Fsp3) is 0.652. The largest absolute Gasteiger partial charge is 0.493 e. The van der Waals surface area contributed by atoms with Crippen molar-refractivity contribution in [3.8, 4) is 17.2 Å². The molecule has 31 heavy (non-hydrogen) atoms. The lowest BCUT2D eigenvalue weighted by Crippen LogP contribution is -2.54. The Hall–Kier alpha value is -2.64. The predicted octanol–water partition coefficient (Wildman–Crippen LogP) is 2.83. The second-order valence-corrected chi connectivity index (χ2v) is 8.15. The molecule has 0 bridgehead atoms. The molecular weight excluding hydrogens is 398 g/mol. The monoisotopic (exact) mass is 433 g/mol. The average Bonchev–Trinajstić information content (AvgIpc) is 2.82. The SMILES string of the molecule is COc1ccc(CCC(=O)N2CCN(C(=O)NC3CCCCC3)CC2)c(OC)c1OC. The lowest BCUT2D eigenvalue weighted by Gasteiger charge is -2.36. The van der Waals surface area contributed by atoms with Gasteiger partial charge >= 0.3 is 6.03 Å². The Balaban J connectivity index is 1.48. The summed E-state index contributed by atoms with van der Waals surface area (Å²) in [4.78, 5) is 28.9. The molecule has 1 aliphatic heterocycles. The van der Waals surface area contributed by atoms with E-state index in [4.69, 9.17) is 14.2 Å². The number of piperazine rings is 1. The number of amides is 3. The van der Waals surface area contributed by atoms with E-state index in [1.54, 1.807) is 21.3 Å². The van der Waals surface area contributed by atoms with Gasteiger partial charge in [-0.25, -0.2) is 4.79 Å². The van der Waals surface area contributed by atoms with Crippen molar-refractivity contribution in [2.24, 2.45) is 0 Å². The lowest BCUT2D eigenvalue weighted by molar-refractivity contribution is -0.132. The maximum Gasteiger partial charge on any atom is 0.317 e. The van der Waals surface area contributed by atoms with Crippen LogP contribution in [0.1, 0.15) is 44.1 Å². The first kappa shape index (κ1) is 23.0. The molecule has 1 heterocycles. The van der Waals surface area contributed by atoms with Crippen LogP contribution in [0.3, 0.4) is 0 Å². The van der Waals surface area contributed by atoms with Crippen LogP contribution < -0.4 is 19.5 Å². The van der Waals surface area contributed by atoms with E-state index in [1.807, 2.05) is 21.9 Å². The van der Waals surface area contributed by atoms with E-state index < -0.39 is 0 Å². The molecule has 1 N–H and O–H groups in total. The number of urea groups is 1. The van der Waals surface area contributed by atoms with Gasteiger partial charge in [0, 0.05) is 38.6 Å². The van der Waals surface area contributed by atoms with Gasteiger partial charge in [-0.1, -0.05) is 25.3 Å². The van der Waals surface area contributed by atoms with Gasteiger partial charge in [0.05, 0.1) is 21.3 Å². The number of nitrogens with one attached hydrogen (secondary N) is 1. The molecule has 1 aromatic rings. The standard InChI is InChI=1S/C23H35N3O5/c1-29-19-11-9-17(21(30-2)22(19)31-3)10-12-20(27)25-13-15-26(16-14-25)23(28)24-18-7-5-4-6-8-18/h9,11,18H,4-8,10,12-16H2,1-3H3,(H,24,28). The molecule has 1 saturated heterocycles. The van der Waals surface area contributed by atoms with E-state index in [1.165, 1.54) is 19.3 Å². The molecule has 2 fully saturated rings. The second kappa shape index (κ2) is 11.1. The minimum atomic E-state index is 0.00839. The molecule has 172 valence electrons. The average molecular weight is 434 g/mol. The number of ether oxygens (including phenoxy) is 3. The van der Waals surface area contributed by atoms with Crippen molar-refractivity contribution in [1.82, 2.24) is 15.1 Å². The van der Waals surface area contributed by atoms with Gasteiger partial charge in [-0.15, -0.1) is 0 Å². The first-order valence-corrected chi connectivity index (χ1v) is 11.2. The van der Waals surface area contributed by atoms with Gasteiger partial charge in [0.15, 0.2) is 11.5 Å². The highest BCUT2D eigenvalue weighted by Gasteiger charge is 2.26. The van der Waals surface area contributed by atoms with E-state index in [9.17, 15) is 9.59 Å². The molecule has 0 spiro atoms. The van der Waals surface area contributed by atoms with Crippen LogP contribution in [-0.4, -0.2) is 75.3 Å². The van der Waals surface area contributed by atoms with Gasteiger partial charge in [-0.2, -0.15) is 0 Å². The molecule has 2 aliphatic rings. The Morgan fingerprint density at radius 2 is 1.55 bits per heavy atom. The van der Waals surface area contributed by atoms with E-state index in [2.05, 4.69) is 5.32 Å². The molecule has 0 atom stereocenters. The van der Waals surface area contributed by atoms with E-state index in [-0.39, 0.29) is 11.9 Å². The number of rotatable bonds is 7. The Morgan fingerprint density at radius 3 is 2.16 bits per heavy atom. The van der Waals surface area contributed by atoms with Gasteiger partial charge in [0.2, 0.25) is 11.7 Å². The highest BCUT2D eigenvalue weighted by atomic mass is 16.5. The summed E-state index contributed by atoms with van der Waals surface area (Å²) >= 11 is 0. The van der Waals surface area contributed by atoms with Crippen molar-refractivity contribution in [3.63, 3.8) is 0 Å². The summed E-state index contributed by atoms with van der Waals surface area (Å²) in [6, 6.07) is 4.04. The summed E-state index contributed by atoms with van der Waals surface area (Å²) in [7, 11) is 4.73. The van der Waals surface area contributed by atoms with Crippen molar-refractivity contribution < 1.29 is 23.8 Å². The minimum Gasteiger partial charge on any atom is -0.493 e. The van der Waals surface area contributed by atoms with Crippen LogP contribution in [0, 0.1) is 0 Å². The summed E-state index contributed by atoms with van der Waals surface area (Å²) in [5.41, 5.74) is 0.902. The molecule has 8 nitrogen and oxygen atoms in total. The van der Waals surface area contributed by atoms with E-state index >= 15 is 0 Å². The molecule has 0 unspecified atom stereocenters. The summed E-state index contributed by atoms with van der Waals surface area (Å²) in [5.74, 6) is 1.81. The zero-order valence-corrected chi connectivity index (χ0v) is 18.9. The first-order valence-electron chi connectivity index (χ1n) is 11.2. The van der Waals surface area contributed by atoms with Crippen molar-refractivity contribution in [2.45, 2.75) is 51.0 Å². The van der Waals surface area contributed by atoms with Crippen LogP contribution in [-0.2, 0) is 11.2 Å². The Bertz CT molecular complexity index is 756. The molecule has 0 radical (unpaired) electrons. The lowest BCUT2D eigenvalue weighted by atomic mass is 9.96. The minimum absolute atomic E-state index is 0.00839. The quantitative estimate of drug-likeness (QED) is 0.715. The highest BCUT2D eigenvalue weighted by molar-refractivity contribution is 5.78. The number of hydrogen-bond acceptors (Lipinski definition) is 5. The number of carbonyl (C=O) groups is 2. The number of methoxy groups -OCH3 is 3. The maximum atomic E-state index is 12.8. The van der Waals surface area contributed by atoms with Crippen LogP contribution >= 0.6 is 0 Å². The summed E-state index contributed by atoms with van der Waals surface area (Å²) in [6.45, 7) is 2.29. The zero-order chi connectivity index (χ0) is 22.2. The van der Waals surface area contributed by atoms with Crippen molar-refractivity contribution >= 4 is 11.9 Å². The number of hydrogen-bond donors (Lipinski definition) is 1. The molecule has 1 saturated carbocycles. The van der Waals surface area contributed by atoms with Crippen LogP contribution in [0.4, 0.5) is 4.79 Å². The van der Waals surface area contributed by atoms with Gasteiger partial charge in [-0.05, 0) is 30.9 Å². The summed E-state index contributed by atoms with van der Waals surface area (Å²) in [6.07, 6.45) is 6.72. The Kier molecular flexibility index (Phi) is 8.26. The first-order chi connectivity index (χ1) is 15.1. The number of benzene rings is 1. The number of aryl methyl sites for hydroxylation is 1. The van der Waals surface area contributed by atoms with Crippen molar-refractivity contribution in [1.29, 1.82) is 0 Å². The zero-order valence-electron chi connectivity index (χ0n) is 18.9. The van der Waals surface area contributed by atoms with Crippen LogP contribution in [0.5, 0.6) is 17.2 Å². The van der Waals surface area contributed by atoms with Gasteiger partial charge in [0.1, 0.15) is 0 Å². The maximum absolute atomic E-state index is 12.8. The topological polar surface area (TPSA) is 80.3 Å². The molecule has 1 aliphatic carbocycles. The van der Waals surface area contributed by atoms with Crippen molar-refractivity contribution in [3.05, 3.63) is 17.7 Å². The molecular formula is C23H35N3O5. The van der Waals surface area contributed by atoms with E-state index in [0.717, 1.165) is 18.4 Å². The van der Waals surface area contributed by atoms with Gasteiger partial charge < -0.3 is 29.3 Å². The summed E-state index contributed by atoms with van der Waals surface area (Å²) < 4.78 is 16.2. The third kappa shape index (κ3) is 5.74.